The second-order valence-corrected chi connectivity index (χ2v) is 4.13. The monoisotopic (exact) mass is 230 g/mol. The minimum absolute atomic E-state index is 0.182. The van der Waals surface area contributed by atoms with Crippen molar-refractivity contribution >= 4 is 5.65 Å². The molecule has 0 spiro atoms. The summed E-state index contributed by atoms with van der Waals surface area (Å²) in [6.07, 6.45) is 3.95. The second-order valence-electron chi connectivity index (χ2n) is 4.13. The molecule has 0 saturated heterocycles. The summed E-state index contributed by atoms with van der Waals surface area (Å²) in [4.78, 5) is 16.1. The smallest absolute Gasteiger partial charge is 0.265 e. The molecule has 0 aliphatic rings. The standard InChI is InChI=1S/C13H14N2O2/c1-9(2)6-7-10-12(16)14-11-5-3-4-8-15(11)13(10)17/h3-6,8,16H,7H2,1-2H3. The number of allylic oxidation sites excluding steroid dienone is 2. The largest absolute Gasteiger partial charge is 0.493 e. The first-order chi connectivity index (χ1) is 8.09. The molecule has 0 radical (unpaired) electrons. The van der Waals surface area contributed by atoms with Crippen molar-refractivity contribution in [2.45, 2.75) is 20.3 Å². The van der Waals surface area contributed by atoms with E-state index in [0.29, 0.717) is 17.6 Å². The highest BCUT2D eigenvalue weighted by atomic mass is 16.3. The SMILES string of the molecule is CC(C)=CCc1c(O)nc2ccccn2c1=O. The van der Waals surface area contributed by atoms with Crippen molar-refractivity contribution in [3.05, 3.63) is 52.0 Å². The molecule has 0 aromatic carbocycles. The van der Waals surface area contributed by atoms with Crippen LogP contribution in [0.3, 0.4) is 0 Å². The third-order valence-corrected chi connectivity index (χ3v) is 2.52. The Balaban J connectivity index is 2.64. The Morgan fingerprint density at radius 2 is 2.24 bits per heavy atom. The summed E-state index contributed by atoms with van der Waals surface area (Å²) in [6, 6.07) is 5.22. The van der Waals surface area contributed by atoms with Crippen molar-refractivity contribution in [2.75, 3.05) is 0 Å². The molecule has 0 bridgehead atoms. The van der Waals surface area contributed by atoms with Gasteiger partial charge in [0.2, 0.25) is 5.88 Å². The molecule has 2 rings (SSSR count). The van der Waals surface area contributed by atoms with E-state index in [1.165, 1.54) is 4.40 Å². The quantitative estimate of drug-likeness (QED) is 0.802. The molecule has 0 aliphatic carbocycles. The van der Waals surface area contributed by atoms with Gasteiger partial charge < -0.3 is 5.11 Å². The van der Waals surface area contributed by atoms with Crippen LogP contribution in [-0.4, -0.2) is 14.5 Å². The molecular formula is C13H14N2O2. The third-order valence-electron chi connectivity index (χ3n) is 2.52. The van der Waals surface area contributed by atoms with Gasteiger partial charge in [0.05, 0.1) is 5.56 Å². The van der Waals surface area contributed by atoms with E-state index in [1.807, 2.05) is 19.9 Å². The first-order valence-corrected chi connectivity index (χ1v) is 5.42. The van der Waals surface area contributed by atoms with E-state index in [2.05, 4.69) is 4.98 Å². The Hall–Kier alpha value is -2.10. The van der Waals surface area contributed by atoms with Gasteiger partial charge in [-0.15, -0.1) is 0 Å². The lowest BCUT2D eigenvalue weighted by Gasteiger charge is -2.04. The molecule has 88 valence electrons. The van der Waals surface area contributed by atoms with Gasteiger partial charge in [-0.2, -0.15) is 4.98 Å². The fraction of sp³-hybridized carbons (Fsp3) is 0.231. The van der Waals surface area contributed by atoms with Gasteiger partial charge in [0.25, 0.3) is 5.56 Å². The van der Waals surface area contributed by atoms with Crippen molar-refractivity contribution in [1.82, 2.24) is 9.38 Å². The average Bonchev–Trinajstić information content (AvgIpc) is 2.28. The van der Waals surface area contributed by atoms with Gasteiger partial charge in [-0.25, -0.2) is 0 Å². The van der Waals surface area contributed by atoms with Crippen LogP contribution in [0.25, 0.3) is 5.65 Å². The average molecular weight is 230 g/mol. The summed E-state index contributed by atoms with van der Waals surface area (Å²) in [5.74, 6) is -0.182. The van der Waals surface area contributed by atoms with Crippen LogP contribution < -0.4 is 5.56 Å². The minimum Gasteiger partial charge on any atom is -0.493 e. The molecule has 0 unspecified atom stereocenters. The zero-order chi connectivity index (χ0) is 12.4. The van der Waals surface area contributed by atoms with E-state index >= 15 is 0 Å². The lowest BCUT2D eigenvalue weighted by Crippen LogP contribution is -2.19. The van der Waals surface area contributed by atoms with Crippen LogP contribution in [0.1, 0.15) is 19.4 Å². The van der Waals surface area contributed by atoms with Crippen molar-refractivity contribution in [1.29, 1.82) is 0 Å². The Morgan fingerprint density at radius 1 is 1.47 bits per heavy atom. The number of rotatable bonds is 2. The van der Waals surface area contributed by atoms with E-state index in [0.717, 1.165) is 5.57 Å². The minimum atomic E-state index is -0.217. The van der Waals surface area contributed by atoms with Crippen LogP contribution in [-0.2, 0) is 6.42 Å². The van der Waals surface area contributed by atoms with Gasteiger partial charge in [-0.1, -0.05) is 17.7 Å². The lowest BCUT2D eigenvalue weighted by atomic mass is 10.2. The maximum atomic E-state index is 12.1. The Bertz CT molecular complexity index is 637. The summed E-state index contributed by atoms with van der Waals surface area (Å²) in [5, 5.41) is 9.75. The molecule has 2 heterocycles. The predicted molar refractivity (Wildman–Crippen MR) is 66.3 cm³/mol. The van der Waals surface area contributed by atoms with Crippen molar-refractivity contribution in [3.63, 3.8) is 0 Å². The molecule has 0 fully saturated rings. The van der Waals surface area contributed by atoms with Gasteiger partial charge in [0.15, 0.2) is 0 Å². The zero-order valence-corrected chi connectivity index (χ0v) is 9.84. The molecule has 2 aromatic rings. The molecule has 0 aliphatic heterocycles. The highest BCUT2D eigenvalue weighted by Crippen LogP contribution is 2.12. The molecule has 0 atom stereocenters. The molecule has 0 amide bonds. The molecule has 4 heteroatoms. The van der Waals surface area contributed by atoms with E-state index < -0.39 is 0 Å². The van der Waals surface area contributed by atoms with Crippen LogP contribution in [0.2, 0.25) is 0 Å². The van der Waals surface area contributed by atoms with E-state index in [9.17, 15) is 9.90 Å². The van der Waals surface area contributed by atoms with Gasteiger partial charge >= 0.3 is 0 Å². The highest BCUT2D eigenvalue weighted by Gasteiger charge is 2.09. The van der Waals surface area contributed by atoms with Gasteiger partial charge in [-0.05, 0) is 26.0 Å². The molecule has 17 heavy (non-hydrogen) atoms. The fourth-order valence-corrected chi connectivity index (χ4v) is 1.60. The summed E-state index contributed by atoms with van der Waals surface area (Å²) < 4.78 is 1.44. The zero-order valence-electron chi connectivity index (χ0n) is 9.84. The number of aromatic hydroxyl groups is 1. The number of hydrogen-bond donors (Lipinski definition) is 1. The van der Waals surface area contributed by atoms with Gasteiger partial charge in [-0.3, -0.25) is 9.20 Å². The second kappa shape index (κ2) is 4.41. The Morgan fingerprint density at radius 3 is 2.94 bits per heavy atom. The molecule has 2 aromatic heterocycles. The predicted octanol–water partition coefficient (Wildman–Crippen LogP) is 1.91. The van der Waals surface area contributed by atoms with Crippen LogP contribution in [0.15, 0.2) is 40.8 Å². The van der Waals surface area contributed by atoms with Gasteiger partial charge in [0, 0.05) is 12.6 Å². The van der Waals surface area contributed by atoms with Crippen LogP contribution in [0.5, 0.6) is 5.88 Å². The lowest BCUT2D eigenvalue weighted by molar-refractivity contribution is 0.446. The summed E-state index contributed by atoms with van der Waals surface area (Å²) >= 11 is 0. The van der Waals surface area contributed by atoms with Crippen LogP contribution in [0, 0.1) is 0 Å². The Kier molecular flexibility index (Phi) is 2.95. The number of nitrogens with zero attached hydrogens (tertiary/aromatic N) is 2. The topological polar surface area (TPSA) is 54.6 Å². The summed E-state index contributed by atoms with van der Waals surface area (Å²) in [5.41, 5.74) is 1.67. The molecule has 0 saturated carbocycles. The van der Waals surface area contributed by atoms with E-state index in [1.54, 1.807) is 24.4 Å². The number of hydrogen-bond acceptors (Lipinski definition) is 3. The first kappa shape index (κ1) is 11.4. The number of pyridine rings is 1. The summed E-state index contributed by atoms with van der Waals surface area (Å²) in [7, 11) is 0. The first-order valence-electron chi connectivity index (χ1n) is 5.42. The van der Waals surface area contributed by atoms with Gasteiger partial charge in [0.1, 0.15) is 5.65 Å². The normalized spacial score (nSPS) is 10.5. The number of aromatic nitrogens is 2. The number of fused-ring (bicyclic) bond motifs is 1. The molecular weight excluding hydrogens is 216 g/mol. The van der Waals surface area contributed by atoms with Crippen molar-refractivity contribution in [3.8, 4) is 5.88 Å². The van der Waals surface area contributed by atoms with Crippen molar-refractivity contribution < 1.29 is 5.11 Å². The molecule has 4 nitrogen and oxygen atoms in total. The Labute approximate surface area is 98.9 Å². The molecule has 1 N–H and O–H groups in total. The van der Waals surface area contributed by atoms with Crippen LogP contribution in [0.4, 0.5) is 0 Å². The fourth-order valence-electron chi connectivity index (χ4n) is 1.60. The van der Waals surface area contributed by atoms with Crippen molar-refractivity contribution in [2.24, 2.45) is 0 Å². The van der Waals surface area contributed by atoms with E-state index in [-0.39, 0.29) is 11.4 Å². The third kappa shape index (κ3) is 2.20. The maximum absolute atomic E-state index is 12.1. The van der Waals surface area contributed by atoms with E-state index in [4.69, 9.17) is 0 Å². The summed E-state index contributed by atoms with van der Waals surface area (Å²) in [6.45, 7) is 3.90. The maximum Gasteiger partial charge on any atom is 0.265 e. The van der Waals surface area contributed by atoms with Crippen LogP contribution >= 0.6 is 0 Å². The highest BCUT2D eigenvalue weighted by molar-refractivity contribution is 5.42.